The first kappa shape index (κ1) is 21.0. The fourth-order valence-corrected chi connectivity index (χ4v) is 3.63. The minimum atomic E-state index is 0.205. The van der Waals surface area contributed by atoms with Crippen molar-refractivity contribution in [1.29, 1.82) is 0 Å². The molecule has 1 saturated heterocycles. The van der Waals surface area contributed by atoms with Gasteiger partial charge >= 0.3 is 0 Å². The first-order valence-corrected chi connectivity index (χ1v) is 11.1. The van der Waals surface area contributed by atoms with Crippen molar-refractivity contribution in [2.75, 3.05) is 36.5 Å². The van der Waals surface area contributed by atoms with Crippen LogP contribution in [0.4, 0.5) is 11.4 Å². The first-order chi connectivity index (χ1) is 15.2. The summed E-state index contributed by atoms with van der Waals surface area (Å²) in [5, 5.41) is 6.72. The maximum Gasteiger partial charge on any atom is 0.227 e. The van der Waals surface area contributed by atoms with Crippen LogP contribution in [0, 0.1) is 0 Å². The smallest absolute Gasteiger partial charge is 0.227 e. The number of fused-ring (bicyclic) bond motifs is 1. The highest BCUT2D eigenvalue weighted by molar-refractivity contribution is 5.95. The summed E-state index contributed by atoms with van der Waals surface area (Å²) in [5.41, 5.74) is 2.95. The van der Waals surface area contributed by atoms with Gasteiger partial charge in [-0.1, -0.05) is 19.1 Å². The van der Waals surface area contributed by atoms with E-state index in [4.69, 9.17) is 14.5 Å². The van der Waals surface area contributed by atoms with E-state index in [-0.39, 0.29) is 5.91 Å². The molecule has 4 rings (SSSR count). The Bertz CT molecular complexity index is 927. The Balaban J connectivity index is 1.43. The molecule has 0 spiro atoms. The summed E-state index contributed by atoms with van der Waals surface area (Å²) >= 11 is 0. The topological polar surface area (TPSA) is 75.2 Å². The summed E-state index contributed by atoms with van der Waals surface area (Å²) in [4.78, 5) is 18.5. The molecule has 0 radical (unpaired) electrons. The van der Waals surface area contributed by atoms with Gasteiger partial charge in [0.25, 0.3) is 0 Å². The molecule has 2 aliphatic rings. The van der Waals surface area contributed by atoms with Gasteiger partial charge in [0.05, 0.1) is 19.8 Å². The van der Waals surface area contributed by atoms with Crippen LogP contribution in [0.25, 0.3) is 0 Å². The maximum atomic E-state index is 11.9. The van der Waals surface area contributed by atoms with E-state index in [1.165, 1.54) is 0 Å². The van der Waals surface area contributed by atoms with E-state index in [1.54, 1.807) is 0 Å². The largest absolute Gasteiger partial charge is 0.490 e. The van der Waals surface area contributed by atoms with Crippen molar-refractivity contribution >= 4 is 23.2 Å². The molecule has 0 atom stereocenters. The standard InChI is InChI=1S/C24H30N4O3/c1-2-12-25-24(27-19-8-11-21-22(16-19)31-15-4-14-30-21)26-17-18-6-9-20(10-7-18)28-13-3-5-23(28)29/h6-11,16H,2-5,12-15,17H2,1H3,(H2,25,26,27). The van der Waals surface area contributed by atoms with E-state index in [0.717, 1.165) is 66.7 Å². The number of benzene rings is 2. The van der Waals surface area contributed by atoms with Crippen molar-refractivity contribution in [2.24, 2.45) is 4.99 Å². The number of carbonyl (C=O) groups excluding carboxylic acids is 1. The lowest BCUT2D eigenvalue weighted by Gasteiger charge is -2.16. The van der Waals surface area contributed by atoms with Crippen LogP contribution in [0.5, 0.6) is 11.5 Å². The molecule has 2 N–H and O–H groups in total. The van der Waals surface area contributed by atoms with Crippen LogP contribution in [0.2, 0.25) is 0 Å². The Morgan fingerprint density at radius 3 is 2.61 bits per heavy atom. The minimum Gasteiger partial charge on any atom is -0.490 e. The van der Waals surface area contributed by atoms with Gasteiger partial charge in [0.2, 0.25) is 5.91 Å². The zero-order valence-corrected chi connectivity index (χ0v) is 18.0. The molecule has 0 bridgehead atoms. The van der Waals surface area contributed by atoms with Crippen LogP contribution in [-0.2, 0) is 11.3 Å². The van der Waals surface area contributed by atoms with E-state index in [1.807, 2.05) is 47.4 Å². The molecule has 7 heteroatoms. The lowest BCUT2D eigenvalue weighted by atomic mass is 10.2. The molecule has 0 unspecified atom stereocenters. The average Bonchev–Trinajstić information content (AvgIpc) is 3.08. The molecule has 2 aromatic rings. The summed E-state index contributed by atoms with van der Waals surface area (Å²) < 4.78 is 11.5. The molecule has 2 aliphatic heterocycles. The zero-order valence-electron chi connectivity index (χ0n) is 18.0. The van der Waals surface area contributed by atoms with Gasteiger partial charge in [-0.15, -0.1) is 0 Å². The third kappa shape index (κ3) is 5.48. The number of amides is 1. The lowest BCUT2D eigenvalue weighted by molar-refractivity contribution is -0.117. The van der Waals surface area contributed by atoms with Crippen LogP contribution in [0.1, 0.15) is 38.2 Å². The summed E-state index contributed by atoms with van der Waals surface area (Å²) in [7, 11) is 0. The quantitative estimate of drug-likeness (QED) is 0.545. The number of rotatable bonds is 6. The van der Waals surface area contributed by atoms with Crippen LogP contribution < -0.4 is 25.0 Å². The predicted molar refractivity (Wildman–Crippen MR) is 123 cm³/mol. The van der Waals surface area contributed by atoms with Crippen LogP contribution in [0.3, 0.4) is 0 Å². The molecule has 2 aromatic carbocycles. The van der Waals surface area contributed by atoms with Gasteiger partial charge in [-0.3, -0.25) is 4.79 Å². The monoisotopic (exact) mass is 422 g/mol. The van der Waals surface area contributed by atoms with Crippen LogP contribution in [0.15, 0.2) is 47.5 Å². The molecular weight excluding hydrogens is 392 g/mol. The van der Waals surface area contributed by atoms with Crippen molar-refractivity contribution in [3.05, 3.63) is 48.0 Å². The molecule has 1 fully saturated rings. The summed E-state index contributed by atoms with van der Waals surface area (Å²) in [6.07, 6.45) is 3.46. The van der Waals surface area contributed by atoms with E-state index in [0.29, 0.717) is 26.2 Å². The van der Waals surface area contributed by atoms with Crippen molar-refractivity contribution in [2.45, 2.75) is 39.2 Å². The van der Waals surface area contributed by atoms with Gasteiger partial charge in [-0.05, 0) is 42.7 Å². The zero-order chi connectivity index (χ0) is 21.5. The maximum absolute atomic E-state index is 11.9. The summed E-state index contributed by atoms with van der Waals surface area (Å²) in [6.45, 7) is 5.63. The number of carbonyl (C=O) groups is 1. The van der Waals surface area contributed by atoms with Crippen molar-refractivity contribution in [3.63, 3.8) is 0 Å². The van der Waals surface area contributed by atoms with E-state index in [2.05, 4.69) is 17.6 Å². The number of hydrogen-bond acceptors (Lipinski definition) is 4. The Morgan fingerprint density at radius 2 is 1.87 bits per heavy atom. The number of hydrogen-bond donors (Lipinski definition) is 2. The second-order valence-electron chi connectivity index (χ2n) is 7.74. The Labute approximate surface area is 183 Å². The first-order valence-electron chi connectivity index (χ1n) is 11.1. The highest BCUT2D eigenvalue weighted by atomic mass is 16.5. The van der Waals surface area contributed by atoms with Gasteiger partial charge in [0, 0.05) is 43.4 Å². The molecule has 2 heterocycles. The molecule has 0 saturated carbocycles. The van der Waals surface area contributed by atoms with Gasteiger partial charge in [0.15, 0.2) is 17.5 Å². The Morgan fingerprint density at radius 1 is 1.06 bits per heavy atom. The highest BCUT2D eigenvalue weighted by Crippen LogP contribution is 2.32. The summed E-state index contributed by atoms with van der Waals surface area (Å²) in [5.74, 6) is 2.45. The molecule has 1 amide bonds. The summed E-state index contributed by atoms with van der Waals surface area (Å²) in [6, 6.07) is 13.9. The number of nitrogens with one attached hydrogen (secondary N) is 2. The second-order valence-corrected chi connectivity index (χ2v) is 7.74. The average molecular weight is 423 g/mol. The van der Waals surface area contributed by atoms with Crippen molar-refractivity contribution in [3.8, 4) is 11.5 Å². The third-order valence-corrected chi connectivity index (χ3v) is 5.29. The molecule has 31 heavy (non-hydrogen) atoms. The third-order valence-electron chi connectivity index (χ3n) is 5.29. The number of ether oxygens (including phenoxy) is 2. The molecular formula is C24H30N4O3. The van der Waals surface area contributed by atoms with E-state index in [9.17, 15) is 4.79 Å². The normalized spacial score (nSPS) is 16.2. The number of nitrogens with zero attached hydrogens (tertiary/aromatic N) is 2. The second kappa shape index (κ2) is 10.2. The number of aliphatic imine (C=N–C) groups is 1. The minimum absolute atomic E-state index is 0.205. The van der Waals surface area contributed by atoms with Gasteiger partial charge < -0.3 is 25.0 Å². The highest BCUT2D eigenvalue weighted by Gasteiger charge is 2.21. The van der Waals surface area contributed by atoms with Crippen LogP contribution >= 0.6 is 0 Å². The van der Waals surface area contributed by atoms with Gasteiger partial charge in [0.1, 0.15) is 0 Å². The van der Waals surface area contributed by atoms with Crippen molar-refractivity contribution < 1.29 is 14.3 Å². The van der Waals surface area contributed by atoms with Crippen molar-refractivity contribution in [1.82, 2.24) is 5.32 Å². The predicted octanol–water partition coefficient (Wildman–Crippen LogP) is 3.94. The Hall–Kier alpha value is -3.22. The van der Waals surface area contributed by atoms with E-state index >= 15 is 0 Å². The number of anilines is 2. The van der Waals surface area contributed by atoms with Gasteiger partial charge in [-0.2, -0.15) is 0 Å². The Kier molecular flexibility index (Phi) is 6.92. The SMILES string of the molecule is CCCNC(=NCc1ccc(N2CCCC2=O)cc1)Nc1ccc2c(c1)OCCCO2. The number of guanidine groups is 1. The molecule has 0 aromatic heterocycles. The van der Waals surface area contributed by atoms with E-state index < -0.39 is 0 Å². The molecule has 7 nitrogen and oxygen atoms in total. The fraction of sp³-hybridized carbons (Fsp3) is 0.417. The lowest BCUT2D eigenvalue weighted by Crippen LogP contribution is -2.31. The molecule has 164 valence electrons. The van der Waals surface area contributed by atoms with Gasteiger partial charge in [-0.25, -0.2) is 4.99 Å². The van der Waals surface area contributed by atoms with Crippen LogP contribution in [-0.4, -0.2) is 38.2 Å². The fourth-order valence-electron chi connectivity index (χ4n) is 3.63. The molecule has 0 aliphatic carbocycles.